The Morgan fingerprint density at radius 1 is 1.37 bits per heavy atom. The number of nitrogens with zero attached hydrogens (tertiary/aromatic N) is 1. The highest BCUT2D eigenvalue weighted by atomic mass is 19.4. The van der Waals surface area contributed by atoms with Gasteiger partial charge in [-0.15, -0.1) is 18.3 Å². The molecule has 1 amide bonds. The molecular weight excluding hydrogens is 265 g/mol. The maximum atomic E-state index is 12.3. The monoisotopic (exact) mass is 274 g/mol. The number of hydrogen-bond donors (Lipinski definition) is 1. The fraction of sp³-hybridized carbons (Fsp3) is 0.273. The van der Waals surface area contributed by atoms with Crippen LogP contribution in [0.5, 0.6) is 5.75 Å². The number of halogens is 3. The standard InChI is InChI=1S/C11H9F3N2O3/c1-6-9(17)15-16-10(18-6)7-4-2-3-5-8(7)19-11(12,13)14/h2-6H,1H3,(H,15,17). The number of hydrazone groups is 1. The van der Waals surface area contributed by atoms with Crippen molar-refractivity contribution in [3.05, 3.63) is 29.8 Å². The molecule has 2 rings (SSSR count). The van der Waals surface area contributed by atoms with Crippen LogP contribution >= 0.6 is 0 Å². The van der Waals surface area contributed by atoms with Crippen LogP contribution in [-0.2, 0) is 9.53 Å². The van der Waals surface area contributed by atoms with E-state index in [4.69, 9.17) is 4.74 Å². The molecule has 0 saturated heterocycles. The fourth-order valence-corrected chi connectivity index (χ4v) is 1.42. The zero-order valence-corrected chi connectivity index (χ0v) is 9.69. The van der Waals surface area contributed by atoms with Gasteiger partial charge < -0.3 is 9.47 Å². The van der Waals surface area contributed by atoms with Crippen LogP contribution in [0.3, 0.4) is 0 Å². The summed E-state index contributed by atoms with van der Waals surface area (Å²) in [6, 6.07) is 5.38. The Bertz CT molecular complexity index is 528. The summed E-state index contributed by atoms with van der Waals surface area (Å²) in [6.45, 7) is 1.46. The zero-order chi connectivity index (χ0) is 14.0. The Morgan fingerprint density at radius 3 is 2.68 bits per heavy atom. The van der Waals surface area contributed by atoms with Crippen molar-refractivity contribution in [2.24, 2.45) is 5.10 Å². The second-order valence-corrected chi connectivity index (χ2v) is 3.70. The molecule has 0 fully saturated rings. The van der Waals surface area contributed by atoms with E-state index in [0.717, 1.165) is 6.07 Å². The van der Waals surface area contributed by atoms with Crippen molar-refractivity contribution in [3.63, 3.8) is 0 Å². The second-order valence-electron chi connectivity index (χ2n) is 3.70. The summed E-state index contributed by atoms with van der Waals surface area (Å²) >= 11 is 0. The molecule has 1 heterocycles. The number of amides is 1. The lowest BCUT2D eigenvalue weighted by Gasteiger charge is -2.21. The van der Waals surface area contributed by atoms with Crippen molar-refractivity contribution in [1.82, 2.24) is 5.43 Å². The maximum Gasteiger partial charge on any atom is 0.573 e. The first-order valence-corrected chi connectivity index (χ1v) is 5.26. The van der Waals surface area contributed by atoms with Crippen LogP contribution < -0.4 is 10.2 Å². The third-order valence-corrected chi connectivity index (χ3v) is 2.27. The predicted octanol–water partition coefficient (Wildman–Crippen LogP) is 1.78. The quantitative estimate of drug-likeness (QED) is 0.894. The smallest absolute Gasteiger partial charge is 0.463 e. The Morgan fingerprint density at radius 2 is 2.05 bits per heavy atom. The van der Waals surface area contributed by atoms with Crippen molar-refractivity contribution in [2.45, 2.75) is 19.4 Å². The number of benzene rings is 1. The molecule has 1 aromatic rings. The molecule has 0 aromatic heterocycles. The molecule has 1 unspecified atom stereocenters. The minimum atomic E-state index is -4.82. The number of ether oxygens (including phenoxy) is 2. The van der Waals surface area contributed by atoms with E-state index in [9.17, 15) is 18.0 Å². The third-order valence-electron chi connectivity index (χ3n) is 2.27. The molecule has 0 bridgehead atoms. The highest BCUT2D eigenvalue weighted by Gasteiger charge is 2.33. The highest BCUT2D eigenvalue weighted by molar-refractivity contribution is 6.00. The highest BCUT2D eigenvalue weighted by Crippen LogP contribution is 2.27. The van der Waals surface area contributed by atoms with Gasteiger partial charge in [0, 0.05) is 0 Å². The molecular formula is C11H9F3N2O3. The van der Waals surface area contributed by atoms with Crippen LogP contribution in [0.4, 0.5) is 13.2 Å². The van der Waals surface area contributed by atoms with Crippen molar-refractivity contribution < 1.29 is 27.4 Å². The molecule has 0 radical (unpaired) electrons. The molecule has 1 aromatic carbocycles. The summed E-state index contributed by atoms with van der Waals surface area (Å²) in [7, 11) is 0. The number of nitrogens with one attached hydrogen (secondary N) is 1. The van der Waals surface area contributed by atoms with E-state index in [-0.39, 0.29) is 11.5 Å². The molecule has 0 saturated carbocycles. The Hall–Kier alpha value is -2.25. The van der Waals surface area contributed by atoms with E-state index < -0.39 is 24.1 Å². The molecule has 1 atom stereocenters. The average molecular weight is 274 g/mol. The molecule has 19 heavy (non-hydrogen) atoms. The second kappa shape index (κ2) is 4.79. The fourth-order valence-electron chi connectivity index (χ4n) is 1.42. The van der Waals surface area contributed by atoms with Crippen molar-refractivity contribution in [3.8, 4) is 5.75 Å². The third kappa shape index (κ3) is 3.15. The molecule has 0 aliphatic carbocycles. The van der Waals surface area contributed by atoms with Gasteiger partial charge in [-0.1, -0.05) is 12.1 Å². The lowest BCUT2D eigenvalue weighted by atomic mass is 10.2. The van der Waals surface area contributed by atoms with Gasteiger partial charge in [-0.05, 0) is 19.1 Å². The van der Waals surface area contributed by atoms with Gasteiger partial charge >= 0.3 is 6.36 Å². The first-order valence-electron chi connectivity index (χ1n) is 5.26. The Kier molecular flexibility index (Phi) is 3.32. The topological polar surface area (TPSA) is 59.9 Å². The summed E-state index contributed by atoms with van der Waals surface area (Å²) in [6.07, 6.45) is -5.66. The van der Waals surface area contributed by atoms with Crippen molar-refractivity contribution >= 4 is 11.8 Å². The lowest BCUT2D eigenvalue weighted by Crippen LogP contribution is -2.39. The van der Waals surface area contributed by atoms with Crippen LogP contribution in [0.1, 0.15) is 12.5 Å². The van der Waals surface area contributed by atoms with Gasteiger partial charge in [-0.3, -0.25) is 4.79 Å². The summed E-state index contributed by atoms with van der Waals surface area (Å²) in [5, 5.41) is 3.57. The van der Waals surface area contributed by atoms with Crippen molar-refractivity contribution in [2.75, 3.05) is 0 Å². The summed E-state index contributed by atoms with van der Waals surface area (Å²) in [4.78, 5) is 11.1. The Balaban J connectivity index is 2.33. The molecule has 1 aliphatic rings. The van der Waals surface area contributed by atoms with Gasteiger partial charge in [0.2, 0.25) is 5.90 Å². The van der Waals surface area contributed by atoms with Crippen LogP contribution in [-0.4, -0.2) is 24.3 Å². The molecule has 0 spiro atoms. The predicted molar refractivity (Wildman–Crippen MR) is 58.4 cm³/mol. The first kappa shape index (κ1) is 13.2. The van der Waals surface area contributed by atoms with Gasteiger partial charge in [0.25, 0.3) is 5.91 Å². The number of rotatable bonds is 2. The van der Waals surface area contributed by atoms with Gasteiger partial charge in [0.05, 0.1) is 5.56 Å². The van der Waals surface area contributed by atoms with Gasteiger partial charge in [-0.2, -0.15) is 0 Å². The zero-order valence-electron chi connectivity index (χ0n) is 9.69. The summed E-state index contributed by atoms with van der Waals surface area (Å²) in [5.74, 6) is -1.05. The van der Waals surface area contributed by atoms with Gasteiger partial charge in [-0.25, -0.2) is 5.43 Å². The summed E-state index contributed by atoms with van der Waals surface area (Å²) in [5.41, 5.74) is 2.16. The van der Waals surface area contributed by atoms with E-state index in [1.807, 2.05) is 0 Å². The molecule has 8 heteroatoms. The number of alkyl halides is 3. The maximum absolute atomic E-state index is 12.3. The van der Waals surface area contributed by atoms with E-state index in [0.29, 0.717) is 0 Å². The summed E-state index contributed by atoms with van der Waals surface area (Å²) < 4.78 is 45.8. The van der Waals surface area contributed by atoms with E-state index in [1.165, 1.54) is 25.1 Å². The number of carbonyl (C=O) groups excluding carboxylic acids is 1. The van der Waals surface area contributed by atoms with E-state index in [1.54, 1.807) is 0 Å². The van der Waals surface area contributed by atoms with E-state index >= 15 is 0 Å². The number of hydrogen-bond acceptors (Lipinski definition) is 4. The van der Waals surface area contributed by atoms with Crippen LogP contribution in [0.2, 0.25) is 0 Å². The van der Waals surface area contributed by atoms with Gasteiger partial charge in [0.1, 0.15) is 5.75 Å². The van der Waals surface area contributed by atoms with E-state index in [2.05, 4.69) is 15.3 Å². The van der Waals surface area contributed by atoms with Crippen LogP contribution in [0.15, 0.2) is 29.4 Å². The minimum Gasteiger partial charge on any atom is -0.463 e. The van der Waals surface area contributed by atoms with Crippen LogP contribution in [0.25, 0.3) is 0 Å². The average Bonchev–Trinajstić information content (AvgIpc) is 2.31. The van der Waals surface area contributed by atoms with Crippen LogP contribution in [0, 0.1) is 0 Å². The normalized spacial score (nSPS) is 19.3. The largest absolute Gasteiger partial charge is 0.573 e. The first-order chi connectivity index (χ1) is 8.87. The Labute approximate surface area is 106 Å². The SMILES string of the molecule is CC1OC(c2ccccc2OC(F)(F)F)=NNC1=O. The lowest BCUT2D eigenvalue weighted by molar-refractivity contribution is -0.274. The number of para-hydroxylation sites is 1. The van der Waals surface area contributed by atoms with Gasteiger partial charge in [0.15, 0.2) is 6.10 Å². The molecule has 102 valence electrons. The molecule has 1 N–H and O–H groups in total. The van der Waals surface area contributed by atoms with Crippen molar-refractivity contribution in [1.29, 1.82) is 0 Å². The number of carbonyl (C=O) groups is 1. The molecule has 5 nitrogen and oxygen atoms in total. The molecule has 1 aliphatic heterocycles. The minimum absolute atomic E-state index is 0.00618.